The number of tetrazole rings is 1. The maximum atomic E-state index is 13.7. The van der Waals surface area contributed by atoms with E-state index in [4.69, 9.17) is 9.47 Å². The predicted molar refractivity (Wildman–Crippen MR) is 134 cm³/mol. The van der Waals surface area contributed by atoms with E-state index < -0.39 is 0 Å². The van der Waals surface area contributed by atoms with Gasteiger partial charge in [0.25, 0.3) is 5.56 Å². The topological polar surface area (TPSA) is 101 Å². The SMILES string of the molecule is O=c1[nH]c2cc3c(cc2cc1C(c1nnnn1C1CCCCC1)N1CCN2CCCC2C1)OCCO3. The van der Waals surface area contributed by atoms with Crippen molar-refractivity contribution in [1.82, 2.24) is 35.0 Å². The number of rotatable bonds is 4. The molecule has 4 aliphatic rings. The second-order valence-electron chi connectivity index (χ2n) is 10.6. The van der Waals surface area contributed by atoms with Crippen molar-refractivity contribution in [3.8, 4) is 11.5 Å². The second-order valence-corrected chi connectivity index (χ2v) is 10.6. The summed E-state index contributed by atoms with van der Waals surface area (Å²) in [6, 6.07) is 6.37. The molecule has 2 unspecified atom stereocenters. The molecule has 0 spiro atoms. The number of fused-ring (bicyclic) bond motifs is 3. The van der Waals surface area contributed by atoms with Gasteiger partial charge in [0.1, 0.15) is 19.3 Å². The quantitative estimate of drug-likeness (QED) is 0.595. The number of ether oxygens (including phenoxy) is 2. The Balaban J connectivity index is 1.34. The highest BCUT2D eigenvalue weighted by Gasteiger charge is 2.38. The molecule has 3 aromatic rings. The van der Waals surface area contributed by atoms with Crippen LogP contribution in [0.1, 0.15) is 68.4 Å². The first kappa shape index (κ1) is 22.2. The van der Waals surface area contributed by atoms with Crippen molar-refractivity contribution in [2.75, 3.05) is 39.4 Å². The molecule has 0 bridgehead atoms. The summed E-state index contributed by atoms with van der Waals surface area (Å²) >= 11 is 0. The third kappa shape index (κ3) is 3.87. The van der Waals surface area contributed by atoms with Crippen molar-refractivity contribution in [3.05, 3.63) is 39.9 Å². The summed E-state index contributed by atoms with van der Waals surface area (Å²) in [6.07, 6.45) is 8.26. The fraction of sp³-hybridized carbons (Fsp3) is 0.615. The van der Waals surface area contributed by atoms with E-state index in [2.05, 4.69) is 30.3 Å². The van der Waals surface area contributed by atoms with Crippen LogP contribution in [0.5, 0.6) is 11.5 Å². The summed E-state index contributed by atoms with van der Waals surface area (Å²) in [7, 11) is 0. The molecule has 1 aliphatic carbocycles. The molecule has 2 aromatic heterocycles. The number of aromatic nitrogens is 5. The van der Waals surface area contributed by atoms with Crippen LogP contribution in [0.3, 0.4) is 0 Å². The van der Waals surface area contributed by atoms with Crippen LogP contribution in [-0.4, -0.2) is 80.4 Å². The number of hydrogen-bond acceptors (Lipinski definition) is 8. The molecule has 0 amide bonds. The standard InChI is InChI=1S/C26H33N7O3/c34-26-20(13-17-14-22-23(15-21(17)27-26)36-12-11-35-22)24(32-10-9-31-8-4-7-19(31)16-32)25-28-29-30-33(25)18-5-2-1-3-6-18/h13-15,18-19,24H,1-12,16H2,(H,27,34). The number of nitrogens with one attached hydrogen (secondary N) is 1. The molecule has 0 radical (unpaired) electrons. The average molecular weight is 492 g/mol. The highest BCUT2D eigenvalue weighted by Crippen LogP contribution is 2.37. The molecular weight excluding hydrogens is 458 g/mol. The van der Waals surface area contributed by atoms with Gasteiger partial charge >= 0.3 is 0 Å². The smallest absolute Gasteiger partial charge is 0.253 e. The fourth-order valence-electron chi connectivity index (χ4n) is 6.68. The molecule has 2 atom stereocenters. The van der Waals surface area contributed by atoms with Gasteiger partial charge in [0, 0.05) is 42.7 Å². The number of nitrogens with zero attached hydrogens (tertiary/aromatic N) is 6. The maximum Gasteiger partial charge on any atom is 0.253 e. The summed E-state index contributed by atoms with van der Waals surface area (Å²) in [4.78, 5) is 21.8. The van der Waals surface area contributed by atoms with E-state index in [1.54, 1.807) is 0 Å². The Labute approximate surface area is 209 Å². The van der Waals surface area contributed by atoms with Crippen LogP contribution in [0.15, 0.2) is 23.0 Å². The van der Waals surface area contributed by atoms with Crippen molar-refractivity contribution < 1.29 is 9.47 Å². The van der Waals surface area contributed by atoms with Crippen LogP contribution in [0.2, 0.25) is 0 Å². The molecule has 36 heavy (non-hydrogen) atoms. The molecule has 5 heterocycles. The number of aromatic amines is 1. The molecule has 10 heteroatoms. The summed E-state index contributed by atoms with van der Waals surface area (Å²) in [5, 5.41) is 14.1. The number of hydrogen-bond donors (Lipinski definition) is 1. The Morgan fingerprint density at radius 2 is 1.72 bits per heavy atom. The number of pyridine rings is 1. The third-order valence-electron chi connectivity index (χ3n) is 8.50. The van der Waals surface area contributed by atoms with Crippen molar-refractivity contribution in [3.63, 3.8) is 0 Å². The monoisotopic (exact) mass is 491 g/mol. The Morgan fingerprint density at radius 3 is 2.58 bits per heavy atom. The van der Waals surface area contributed by atoms with Crippen LogP contribution in [0.4, 0.5) is 0 Å². The lowest BCUT2D eigenvalue weighted by Crippen LogP contribution is -2.52. The van der Waals surface area contributed by atoms with Gasteiger partial charge in [0.05, 0.1) is 11.6 Å². The van der Waals surface area contributed by atoms with Gasteiger partial charge in [-0.15, -0.1) is 5.10 Å². The van der Waals surface area contributed by atoms with Gasteiger partial charge in [-0.3, -0.25) is 14.6 Å². The third-order valence-corrected chi connectivity index (χ3v) is 8.50. The van der Waals surface area contributed by atoms with Gasteiger partial charge < -0.3 is 14.5 Å². The lowest BCUT2D eigenvalue weighted by Gasteiger charge is -2.41. The lowest BCUT2D eigenvalue weighted by atomic mass is 9.94. The second kappa shape index (κ2) is 9.15. The van der Waals surface area contributed by atoms with Crippen molar-refractivity contribution in [2.45, 2.75) is 63.1 Å². The first-order chi connectivity index (χ1) is 17.7. The normalized spacial score (nSPS) is 24.2. The fourth-order valence-corrected chi connectivity index (χ4v) is 6.68. The van der Waals surface area contributed by atoms with Gasteiger partial charge in [0.2, 0.25) is 0 Å². The Bertz CT molecular complexity index is 1310. The largest absolute Gasteiger partial charge is 0.486 e. The lowest BCUT2D eigenvalue weighted by molar-refractivity contribution is 0.0778. The van der Waals surface area contributed by atoms with E-state index >= 15 is 0 Å². The minimum Gasteiger partial charge on any atom is -0.486 e. The molecule has 3 aliphatic heterocycles. The summed E-state index contributed by atoms with van der Waals surface area (Å²) in [5.41, 5.74) is 1.34. The van der Waals surface area contributed by atoms with Crippen molar-refractivity contribution in [2.24, 2.45) is 0 Å². The highest BCUT2D eigenvalue weighted by molar-refractivity contribution is 5.83. The van der Waals surface area contributed by atoms with Crippen LogP contribution in [-0.2, 0) is 0 Å². The first-order valence-electron chi connectivity index (χ1n) is 13.5. The van der Waals surface area contributed by atoms with E-state index in [-0.39, 0.29) is 17.6 Å². The van der Waals surface area contributed by atoms with Gasteiger partial charge in [-0.05, 0) is 54.8 Å². The molecule has 1 aromatic carbocycles. The van der Waals surface area contributed by atoms with Gasteiger partial charge in [-0.1, -0.05) is 19.3 Å². The summed E-state index contributed by atoms with van der Waals surface area (Å²) < 4.78 is 13.6. The van der Waals surface area contributed by atoms with Crippen molar-refractivity contribution in [1.29, 1.82) is 0 Å². The highest BCUT2D eigenvalue weighted by atomic mass is 16.6. The number of H-pyrrole nitrogens is 1. The molecule has 3 fully saturated rings. The first-order valence-corrected chi connectivity index (χ1v) is 13.5. The molecule has 10 nitrogen and oxygen atoms in total. The predicted octanol–water partition coefficient (Wildman–Crippen LogP) is 2.66. The van der Waals surface area contributed by atoms with E-state index in [1.165, 1.54) is 38.6 Å². The van der Waals surface area contributed by atoms with E-state index in [0.717, 1.165) is 55.0 Å². The van der Waals surface area contributed by atoms with Gasteiger partial charge in [-0.25, -0.2) is 4.68 Å². The Kier molecular flexibility index (Phi) is 5.65. The summed E-state index contributed by atoms with van der Waals surface area (Å²) in [5.74, 6) is 2.18. The minimum absolute atomic E-state index is 0.101. The maximum absolute atomic E-state index is 13.7. The molecule has 1 saturated carbocycles. The zero-order valence-electron chi connectivity index (χ0n) is 20.6. The molecule has 7 rings (SSSR count). The Hall–Kier alpha value is -2.98. The zero-order chi connectivity index (χ0) is 24.1. The van der Waals surface area contributed by atoms with Gasteiger partial charge in [0.15, 0.2) is 17.3 Å². The number of benzene rings is 1. The number of piperazine rings is 1. The summed E-state index contributed by atoms with van der Waals surface area (Å²) in [6.45, 7) is 5.03. The van der Waals surface area contributed by atoms with Crippen LogP contribution >= 0.6 is 0 Å². The Morgan fingerprint density at radius 1 is 0.917 bits per heavy atom. The van der Waals surface area contributed by atoms with Crippen LogP contribution in [0.25, 0.3) is 10.9 Å². The van der Waals surface area contributed by atoms with Gasteiger partial charge in [-0.2, -0.15) is 0 Å². The molecule has 190 valence electrons. The molecule has 2 saturated heterocycles. The van der Waals surface area contributed by atoms with Crippen molar-refractivity contribution >= 4 is 10.9 Å². The van der Waals surface area contributed by atoms with E-state index in [0.29, 0.717) is 30.6 Å². The molecule has 1 N–H and O–H groups in total. The van der Waals surface area contributed by atoms with Crippen LogP contribution < -0.4 is 15.0 Å². The zero-order valence-corrected chi connectivity index (χ0v) is 20.6. The van der Waals surface area contributed by atoms with Crippen LogP contribution in [0, 0.1) is 0 Å². The minimum atomic E-state index is -0.300. The molecular formula is C26H33N7O3. The van der Waals surface area contributed by atoms with E-state index in [9.17, 15) is 4.79 Å². The average Bonchev–Trinajstić information content (AvgIpc) is 3.58. The van der Waals surface area contributed by atoms with E-state index in [1.807, 2.05) is 22.9 Å².